The van der Waals surface area contributed by atoms with Crippen molar-refractivity contribution in [3.05, 3.63) is 30.6 Å². The van der Waals surface area contributed by atoms with E-state index in [0.717, 1.165) is 4.57 Å². The fourth-order valence-electron chi connectivity index (χ4n) is 1.10. The summed E-state index contributed by atoms with van der Waals surface area (Å²) in [6.45, 7) is 1.50. The second-order valence-corrected chi connectivity index (χ2v) is 4.37. The number of aliphatic hydroxyl groups is 2. The maximum absolute atomic E-state index is 11.3. The van der Waals surface area contributed by atoms with Gasteiger partial charge in [-0.1, -0.05) is 0 Å². The fourth-order valence-corrected chi connectivity index (χ4v) is 1.54. The molecular weight excluding hydrogens is 315 g/mol. The molecule has 3 N–H and O–H groups in total. The van der Waals surface area contributed by atoms with Gasteiger partial charge < -0.3 is 10.2 Å². The Balaban J connectivity index is 3.10. The lowest BCUT2D eigenvalue weighted by Gasteiger charge is -2.14. The zero-order valence-electron chi connectivity index (χ0n) is 7.98. The third-order valence-electron chi connectivity index (χ3n) is 1.80. The van der Waals surface area contributed by atoms with Crippen LogP contribution in [0, 0.1) is 3.57 Å². The van der Waals surface area contributed by atoms with Crippen molar-refractivity contribution < 1.29 is 10.2 Å². The Kier molecular flexibility index (Phi) is 4.05. The molecule has 0 saturated heterocycles. The molecule has 1 aromatic heterocycles. The van der Waals surface area contributed by atoms with E-state index in [0.29, 0.717) is 3.57 Å². The minimum atomic E-state index is -1.14. The van der Waals surface area contributed by atoms with Gasteiger partial charge in [0, 0.05) is 12.6 Å². The van der Waals surface area contributed by atoms with E-state index in [4.69, 9.17) is 5.11 Å². The Hall–Kier alpha value is -0.670. The van der Waals surface area contributed by atoms with Crippen LogP contribution in [0.5, 0.6) is 0 Å². The molecule has 7 heteroatoms. The number of nitrogens with zero attached hydrogens (tertiary/aromatic N) is 1. The van der Waals surface area contributed by atoms with Crippen molar-refractivity contribution in [2.75, 3.05) is 0 Å². The van der Waals surface area contributed by atoms with Gasteiger partial charge in [-0.25, -0.2) is 4.79 Å². The second kappa shape index (κ2) is 4.90. The van der Waals surface area contributed by atoms with E-state index in [-0.39, 0.29) is 6.42 Å². The molecule has 1 rings (SSSR count). The topological polar surface area (TPSA) is 95.3 Å². The molecule has 0 saturated carbocycles. The summed E-state index contributed by atoms with van der Waals surface area (Å²) in [6, 6.07) is 0. The number of aliphatic hydroxyl groups excluding tert-OH is 2. The molecule has 0 aromatic carbocycles. The minimum absolute atomic E-state index is 0.0298. The number of halogens is 1. The monoisotopic (exact) mass is 326 g/mol. The summed E-state index contributed by atoms with van der Waals surface area (Å²) in [6.07, 6.45) is -0.573. The Morgan fingerprint density at radius 1 is 1.53 bits per heavy atom. The highest BCUT2D eigenvalue weighted by molar-refractivity contribution is 14.1. The number of nitrogens with one attached hydrogen (secondary N) is 1. The van der Waals surface area contributed by atoms with E-state index in [1.807, 2.05) is 0 Å². The lowest BCUT2D eigenvalue weighted by atomic mass is 10.2. The molecule has 0 amide bonds. The van der Waals surface area contributed by atoms with Gasteiger partial charge in [-0.15, -0.1) is 0 Å². The van der Waals surface area contributed by atoms with Gasteiger partial charge in [-0.3, -0.25) is 14.3 Å². The molecule has 1 aromatic rings. The van der Waals surface area contributed by atoms with E-state index >= 15 is 0 Å². The molecule has 0 spiro atoms. The van der Waals surface area contributed by atoms with Gasteiger partial charge in [0.05, 0.1) is 9.67 Å². The molecule has 0 radical (unpaired) electrons. The van der Waals surface area contributed by atoms with Crippen molar-refractivity contribution in [3.8, 4) is 0 Å². The molecule has 0 aliphatic carbocycles. The van der Waals surface area contributed by atoms with Gasteiger partial charge in [0.15, 0.2) is 0 Å². The van der Waals surface area contributed by atoms with Crippen molar-refractivity contribution in [1.29, 1.82) is 0 Å². The highest BCUT2D eigenvalue weighted by atomic mass is 127. The van der Waals surface area contributed by atoms with Crippen LogP contribution in [-0.2, 0) is 0 Å². The first-order valence-electron chi connectivity index (χ1n) is 4.29. The van der Waals surface area contributed by atoms with E-state index in [1.165, 1.54) is 13.1 Å². The van der Waals surface area contributed by atoms with Crippen molar-refractivity contribution in [3.63, 3.8) is 0 Å². The van der Waals surface area contributed by atoms with Crippen molar-refractivity contribution in [1.82, 2.24) is 9.55 Å². The van der Waals surface area contributed by atoms with Crippen LogP contribution in [0.1, 0.15) is 19.6 Å². The molecule has 1 heterocycles. The van der Waals surface area contributed by atoms with Crippen molar-refractivity contribution in [2.45, 2.75) is 25.7 Å². The van der Waals surface area contributed by atoms with Crippen LogP contribution in [-0.4, -0.2) is 25.9 Å². The fraction of sp³-hybridized carbons (Fsp3) is 0.500. The summed E-state index contributed by atoms with van der Waals surface area (Å²) >= 11 is 1.76. The van der Waals surface area contributed by atoms with Crippen LogP contribution in [0.4, 0.5) is 0 Å². The van der Waals surface area contributed by atoms with Crippen molar-refractivity contribution >= 4 is 22.6 Å². The van der Waals surface area contributed by atoms with Crippen molar-refractivity contribution in [2.24, 2.45) is 0 Å². The Morgan fingerprint density at radius 2 is 2.13 bits per heavy atom. The SMILES string of the molecule is CC(O)C[C@@H](O)n1cc(I)c(=O)[nH]c1=O. The van der Waals surface area contributed by atoms with E-state index < -0.39 is 23.6 Å². The normalized spacial score (nSPS) is 14.9. The Morgan fingerprint density at radius 3 is 2.67 bits per heavy atom. The summed E-state index contributed by atoms with van der Waals surface area (Å²) < 4.78 is 1.28. The molecule has 6 nitrogen and oxygen atoms in total. The molecule has 2 atom stereocenters. The van der Waals surface area contributed by atoms with Gasteiger partial charge in [-0.05, 0) is 29.5 Å². The van der Waals surface area contributed by atoms with Gasteiger partial charge in [0.1, 0.15) is 6.23 Å². The number of H-pyrrole nitrogens is 1. The lowest BCUT2D eigenvalue weighted by Crippen LogP contribution is -2.34. The molecular formula is C8H11IN2O4. The Labute approximate surface area is 98.7 Å². The number of hydrogen-bond acceptors (Lipinski definition) is 4. The maximum Gasteiger partial charge on any atom is 0.330 e. The number of aromatic amines is 1. The van der Waals surface area contributed by atoms with Crippen LogP contribution in [0.3, 0.4) is 0 Å². The van der Waals surface area contributed by atoms with Gasteiger partial charge >= 0.3 is 5.69 Å². The lowest BCUT2D eigenvalue weighted by molar-refractivity contribution is 0.0397. The second-order valence-electron chi connectivity index (χ2n) is 3.21. The average molecular weight is 326 g/mol. The summed E-state index contributed by atoms with van der Waals surface area (Å²) in [5.41, 5.74) is -1.17. The van der Waals surface area contributed by atoms with Crippen LogP contribution in [0.2, 0.25) is 0 Å². The van der Waals surface area contributed by atoms with Crippen LogP contribution in [0.15, 0.2) is 15.8 Å². The smallest absolute Gasteiger partial charge is 0.330 e. The minimum Gasteiger partial charge on any atom is -0.393 e. The Bertz CT molecular complexity index is 451. The summed E-state index contributed by atoms with van der Waals surface area (Å²) in [5.74, 6) is 0. The van der Waals surface area contributed by atoms with E-state index in [2.05, 4.69) is 4.98 Å². The van der Waals surface area contributed by atoms with Crippen LogP contribution < -0.4 is 11.2 Å². The zero-order valence-corrected chi connectivity index (χ0v) is 10.1. The third kappa shape index (κ3) is 3.14. The molecule has 0 fully saturated rings. The van der Waals surface area contributed by atoms with E-state index in [9.17, 15) is 14.7 Å². The highest BCUT2D eigenvalue weighted by Crippen LogP contribution is 2.07. The van der Waals surface area contributed by atoms with E-state index in [1.54, 1.807) is 22.6 Å². The first-order valence-corrected chi connectivity index (χ1v) is 5.36. The first kappa shape index (κ1) is 12.4. The number of aromatic nitrogens is 2. The predicted molar refractivity (Wildman–Crippen MR) is 61.6 cm³/mol. The molecule has 0 bridgehead atoms. The molecule has 0 aliphatic heterocycles. The standard InChI is InChI=1S/C8H11IN2O4/c1-4(12)2-6(13)11-3-5(9)7(14)10-8(11)15/h3-4,6,12-13H,2H2,1H3,(H,10,14,15)/t4?,6-/m1/s1. The van der Waals surface area contributed by atoms with Gasteiger partial charge in [0.25, 0.3) is 5.56 Å². The highest BCUT2D eigenvalue weighted by Gasteiger charge is 2.12. The molecule has 84 valence electrons. The van der Waals surface area contributed by atoms with Crippen LogP contribution >= 0.6 is 22.6 Å². The van der Waals surface area contributed by atoms with Crippen LogP contribution in [0.25, 0.3) is 0 Å². The maximum atomic E-state index is 11.3. The van der Waals surface area contributed by atoms with Gasteiger partial charge in [-0.2, -0.15) is 0 Å². The molecule has 15 heavy (non-hydrogen) atoms. The summed E-state index contributed by atoms with van der Waals surface area (Å²) in [5, 5.41) is 18.6. The van der Waals surface area contributed by atoms with Gasteiger partial charge in [0.2, 0.25) is 0 Å². The third-order valence-corrected chi connectivity index (χ3v) is 2.57. The average Bonchev–Trinajstić information content (AvgIpc) is 2.09. The number of hydrogen-bond donors (Lipinski definition) is 3. The quantitative estimate of drug-likeness (QED) is 0.647. The predicted octanol–water partition coefficient (Wildman–Crippen LogP) is -0.597. The first-order chi connectivity index (χ1) is 6.91. The zero-order chi connectivity index (χ0) is 11.6. The summed E-state index contributed by atoms with van der Waals surface area (Å²) in [7, 11) is 0. The largest absolute Gasteiger partial charge is 0.393 e. The number of rotatable bonds is 3. The summed E-state index contributed by atoms with van der Waals surface area (Å²) in [4.78, 5) is 24.4. The molecule has 0 aliphatic rings. The molecule has 1 unspecified atom stereocenters.